The van der Waals surface area contributed by atoms with Gasteiger partial charge in [-0.1, -0.05) is 84.9 Å². The molecule has 0 saturated heterocycles. The molecule has 5 aromatic carbocycles. The van der Waals surface area contributed by atoms with Gasteiger partial charge in [0.15, 0.2) is 0 Å². The molecule has 0 fully saturated rings. The summed E-state index contributed by atoms with van der Waals surface area (Å²) in [6, 6.07) is 51.2. The number of aromatic nitrogens is 4. The summed E-state index contributed by atoms with van der Waals surface area (Å²) in [5.41, 5.74) is 8.95. The van der Waals surface area contributed by atoms with E-state index in [1.165, 1.54) is 26.9 Å². The Morgan fingerprint density at radius 2 is 1.18 bits per heavy atom. The summed E-state index contributed by atoms with van der Waals surface area (Å²) < 4.78 is 2.24. The first kappa shape index (κ1) is 25.4. The van der Waals surface area contributed by atoms with Crippen molar-refractivity contribution in [3.63, 3.8) is 0 Å². The van der Waals surface area contributed by atoms with Crippen LogP contribution in [0, 0.1) is 0 Å². The van der Waals surface area contributed by atoms with Crippen LogP contribution in [0.5, 0.6) is 0 Å². The lowest BCUT2D eigenvalue weighted by atomic mass is 9.96. The zero-order valence-electron chi connectivity index (χ0n) is 24.3. The van der Waals surface area contributed by atoms with E-state index in [-0.39, 0.29) is 0 Å². The number of nitrogens with zero attached hydrogens (tertiary/aromatic N) is 4. The Kier molecular flexibility index (Phi) is 5.78. The molecule has 9 rings (SSSR count). The smallest absolute Gasteiger partial charge is 0.145 e. The summed E-state index contributed by atoms with van der Waals surface area (Å²) in [7, 11) is 0. The highest BCUT2D eigenvalue weighted by molar-refractivity contribution is 6.09. The van der Waals surface area contributed by atoms with E-state index in [9.17, 15) is 0 Å². The second kappa shape index (κ2) is 10.2. The maximum Gasteiger partial charge on any atom is 0.145 e. The average Bonchev–Trinajstić information content (AvgIpc) is 3.46. The van der Waals surface area contributed by atoms with Crippen molar-refractivity contribution in [1.29, 1.82) is 0 Å². The Balaban J connectivity index is 1.23. The van der Waals surface area contributed by atoms with E-state index in [4.69, 9.17) is 9.97 Å². The third-order valence-electron chi connectivity index (χ3n) is 8.66. The van der Waals surface area contributed by atoms with Crippen LogP contribution >= 0.6 is 0 Å². The standard InChI is InChI=1S/C41H26N4/c1-2-12-33-27(9-1)17-18-29-23-28(19-20-34(29)33)31-25-38(44-39(26-31)37-15-5-6-21-42-37)30-10-7-11-32(24-30)45-40-16-4-3-13-35(40)36-14-8-22-43-41(36)45/h1-26H. The van der Waals surface area contributed by atoms with Crippen molar-refractivity contribution in [3.8, 4) is 39.5 Å². The van der Waals surface area contributed by atoms with Crippen molar-refractivity contribution in [1.82, 2.24) is 19.5 Å². The van der Waals surface area contributed by atoms with Gasteiger partial charge in [0.25, 0.3) is 0 Å². The lowest BCUT2D eigenvalue weighted by Crippen LogP contribution is -1.97. The van der Waals surface area contributed by atoms with E-state index in [2.05, 4.69) is 131 Å². The summed E-state index contributed by atoms with van der Waals surface area (Å²) in [6.07, 6.45) is 3.68. The number of benzene rings is 5. The normalized spacial score (nSPS) is 11.6. The molecule has 0 aliphatic carbocycles. The molecule has 9 aromatic rings. The van der Waals surface area contributed by atoms with Crippen LogP contribution in [0.4, 0.5) is 0 Å². The minimum atomic E-state index is 0.839. The van der Waals surface area contributed by atoms with E-state index in [0.29, 0.717) is 0 Å². The monoisotopic (exact) mass is 574 g/mol. The fraction of sp³-hybridized carbons (Fsp3) is 0. The maximum absolute atomic E-state index is 5.16. The van der Waals surface area contributed by atoms with Crippen LogP contribution in [0.25, 0.3) is 82.9 Å². The molecule has 4 nitrogen and oxygen atoms in total. The number of fused-ring (bicyclic) bond motifs is 6. The van der Waals surface area contributed by atoms with Crippen molar-refractivity contribution in [3.05, 3.63) is 158 Å². The van der Waals surface area contributed by atoms with Gasteiger partial charge in [-0.05, 0) is 93.3 Å². The summed E-state index contributed by atoms with van der Waals surface area (Å²) in [6.45, 7) is 0. The molecule has 0 saturated carbocycles. The molecule has 0 spiro atoms. The van der Waals surface area contributed by atoms with Crippen molar-refractivity contribution in [2.45, 2.75) is 0 Å². The minimum absolute atomic E-state index is 0.839. The quantitative estimate of drug-likeness (QED) is 0.196. The number of rotatable bonds is 4. The Labute approximate surface area is 259 Å². The summed E-state index contributed by atoms with van der Waals surface area (Å²) in [5, 5.41) is 7.31. The van der Waals surface area contributed by atoms with Crippen LogP contribution in [0.15, 0.2) is 158 Å². The van der Waals surface area contributed by atoms with Crippen LogP contribution in [-0.2, 0) is 0 Å². The van der Waals surface area contributed by atoms with E-state index in [1.807, 2.05) is 36.7 Å². The van der Waals surface area contributed by atoms with Gasteiger partial charge in [-0.25, -0.2) is 9.97 Å². The van der Waals surface area contributed by atoms with Crippen molar-refractivity contribution in [2.75, 3.05) is 0 Å². The van der Waals surface area contributed by atoms with Gasteiger partial charge in [0.05, 0.1) is 22.6 Å². The Morgan fingerprint density at radius 3 is 2.11 bits per heavy atom. The van der Waals surface area contributed by atoms with Crippen LogP contribution in [0.2, 0.25) is 0 Å². The molecule has 0 aliphatic rings. The van der Waals surface area contributed by atoms with E-state index >= 15 is 0 Å². The van der Waals surface area contributed by atoms with Crippen LogP contribution in [-0.4, -0.2) is 19.5 Å². The highest BCUT2D eigenvalue weighted by atomic mass is 15.0. The van der Waals surface area contributed by atoms with E-state index in [1.54, 1.807) is 0 Å². The van der Waals surface area contributed by atoms with Gasteiger partial charge in [0, 0.05) is 34.4 Å². The fourth-order valence-corrected chi connectivity index (χ4v) is 6.54. The molecule has 0 bridgehead atoms. The molecule has 4 heteroatoms. The molecular weight excluding hydrogens is 548 g/mol. The van der Waals surface area contributed by atoms with Crippen LogP contribution in [0.1, 0.15) is 0 Å². The molecule has 0 N–H and O–H groups in total. The molecule has 45 heavy (non-hydrogen) atoms. The van der Waals surface area contributed by atoms with Gasteiger partial charge in [-0.3, -0.25) is 9.55 Å². The first-order chi connectivity index (χ1) is 22.3. The molecule has 0 aliphatic heterocycles. The number of para-hydroxylation sites is 1. The van der Waals surface area contributed by atoms with Crippen molar-refractivity contribution >= 4 is 43.5 Å². The maximum atomic E-state index is 5.16. The van der Waals surface area contributed by atoms with E-state index in [0.717, 1.165) is 56.0 Å². The SMILES string of the molecule is c1ccc(-c2cc(-c3ccc4c(ccc5ccccc54)c3)cc(-c3cccc(-n4c5ccccc5c5cccnc54)c3)n2)nc1. The van der Waals surface area contributed by atoms with Crippen LogP contribution in [0.3, 0.4) is 0 Å². The fourth-order valence-electron chi connectivity index (χ4n) is 6.54. The summed E-state index contributed by atoms with van der Waals surface area (Å²) in [5.74, 6) is 0. The minimum Gasteiger partial charge on any atom is -0.294 e. The lowest BCUT2D eigenvalue weighted by molar-refractivity contribution is 1.13. The number of hydrogen-bond acceptors (Lipinski definition) is 3. The highest BCUT2D eigenvalue weighted by Gasteiger charge is 2.15. The summed E-state index contributed by atoms with van der Waals surface area (Å²) >= 11 is 0. The molecule has 0 unspecified atom stereocenters. The first-order valence-electron chi connectivity index (χ1n) is 15.1. The predicted molar refractivity (Wildman–Crippen MR) is 185 cm³/mol. The molecule has 0 radical (unpaired) electrons. The zero-order chi connectivity index (χ0) is 29.7. The molecule has 210 valence electrons. The third-order valence-corrected chi connectivity index (χ3v) is 8.66. The number of pyridine rings is 3. The Bertz CT molecular complexity index is 2490. The lowest BCUT2D eigenvalue weighted by Gasteiger charge is -2.13. The number of hydrogen-bond donors (Lipinski definition) is 0. The van der Waals surface area contributed by atoms with Gasteiger partial charge >= 0.3 is 0 Å². The third kappa shape index (κ3) is 4.27. The van der Waals surface area contributed by atoms with Gasteiger partial charge in [0.2, 0.25) is 0 Å². The van der Waals surface area contributed by atoms with Crippen molar-refractivity contribution in [2.24, 2.45) is 0 Å². The van der Waals surface area contributed by atoms with Crippen LogP contribution < -0.4 is 0 Å². The largest absolute Gasteiger partial charge is 0.294 e. The van der Waals surface area contributed by atoms with Gasteiger partial charge < -0.3 is 0 Å². The van der Waals surface area contributed by atoms with Gasteiger partial charge in [-0.2, -0.15) is 0 Å². The topological polar surface area (TPSA) is 43.6 Å². The molecule has 4 aromatic heterocycles. The van der Waals surface area contributed by atoms with E-state index < -0.39 is 0 Å². The molecule has 0 amide bonds. The summed E-state index contributed by atoms with van der Waals surface area (Å²) in [4.78, 5) is 14.6. The zero-order valence-corrected chi connectivity index (χ0v) is 24.3. The molecule has 4 heterocycles. The Morgan fingerprint density at radius 1 is 0.400 bits per heavy atom. The van der Waals surface area contributed by atoms with Gasteiger partial charge in [0.1, 0.15) is 5.65 Å². The predicted octanol–water partition coefficient (Wildman–Crippen LogP) is 10.3. The molecule has 0 atom stereocenters. The second-order valence-corrected chi connectivity index (χ2v) is 11.3. The van der Waals surface area contributed by atoms with Gasteiger partial charge in [-0.15, -0.1) is 0 Å². The molecular formula is C41H26N4. The highest BCUT2D eigenvalue weighted by Crippen LogP contribution is 2.35. The average molecular weight is 575 g/mol. The second-order valence-electron chi connectivity index (χ2n) is 11.3. The Hall–Kier alpha value is -6.13. The van der Waals surface area contributed by atoms with Crippen molar-refractivity contribution < 1.29 is 0 Å². The first-order valence-corrected chi connectivity index (χ1v) is 15.1.